The minimum atomic E-state index is -0.103. The normalized spacial score (nSPS) is 17.6. The highest BCUT2D eigenvalue weighted by atomic mass is 32.1. The van der Waals surface area contributed by atoms with Crippen molar-refractivity contribution in [1.82, 2.24) is 19.9 Å². The molecule has 7 heteroatoms. The van der Waals surface area contributed by atoms with Gasteiger partial charge in [0.25, 0.3) is 11.1 Å². The summed E-state index contributed by atoms with van der Waals surface area (Å²) in [5.74, 6) is -0.103. The van der Waals surface area contributed by atoms with Gasteiger partial charge in [-0.05, 0) is 12.1 Å². The van der Waals surface area contributed by atoms with Crippen molar-refractivity contribution in [2.24, 2.45) is 0 Å². The lowest BCUT2D eigenvalue weighted by Gasteiger charge is -2.16. The fourth-order valence-electron chi connectivity index (χ4n) is 2.64. The van der Waals surface area contributed by atoms with Crippen LogP contribution >= 0.6 is 11.3 Å². The second-order valence-corrected chi connectivity index (χ2v) is 6.18. The zero-order valence-corrected chi connectivity index (χ0v) is 13.1. The van der Waals surface area contributed by atoms with Crippen LogP contribution in [0.25, 0.3) is 11.0 Å². The van der Waals surface area contributed by atoms with Crippen molar-refractivity contribution in [3.8, 4) is 5.19 Å². The molecule has 0 spiro atoms. The van der Waals surface area contributed by atoms with Gasteiger partial charge in [-0.15, -0.1) is 0 Å². The van der Waals surface area contributed by atoms with E-state index in [1.807, 2.05) is 29.6 Å². The number of carbonyl (C=O) groups excluding carboxylic acids is 1. The van der Waals surface area contributed by atoms with Crippen LogP contribution in [0.15, 0.2) is 42.0 Å². The maximum absolute atomic E-state index is 12.6. The van der Waals surface area contributed by atoms with E-state index in [0.29, 0.717) is 24.0 Å². The van der Waals surface area contributed by atoms with Crippen LogP contribution in [0.2, 0.25) is 0 Å². The smallest absolute Gasteiger partial charge is 0.274 e. The number of likely N-dealkylation sites (tertiary alicyclic amines) is 1. The standard InChI is InChI=1S/C16H14N4O2S/c21-15(14-9-18-12-3-1-2-4-13(12)19-14)20-7-5-11(10-20)22-16-17-6-8-23-16/h1-4,6,8-9,11H,5,7,10H2. The van der Waals surface area contributed by atoms with Gasteiger partial charge in [0.2, 0.25) is 0 Å². The molecule has 3 aromatic rings. The van der Waals surface area contributed by atoms with Gasteiger partial charge in [-0.25, -0.2) is 9.97 Å². The molecule has 1 aromatic carbocycles. The van der Waals surface area contributed by atoms with E-state index in [-0.39, 0.29) is 12.0 Å². The van der Waals surface area contributed by atoms with E-state index in [2.05, 4.69) is 15.0 Å². The number of hydrogen-bond acceptors (Lipinski definition) is 6. The third-order valence-electron chi connectivity index (χ3n) is 3.78. The number of ether oxygens (including phenoxy) is 1. The van der Waals surface area contributed by atoms with Crippen molar-refractivity contribution in [3.63, 3.8) is 0 Å². The van der Waals surface area contributed by atoms with E-state index in [9.17, 15) is 4.79 Å². The molecule has 0 bridgehead atoms. The number of thiazole rings is 1. The Labute approximate surface area is 136 Å². The molecule has 1 unspecified atom stereocenters. The molecule has 1 aliphatic heterocycles. The summed E-state index contributed by atoms with van der Waals surface area (Å²) in [7, 11) is 0. The predicted molar refractivity (Wildman–Crippen MR) is 86.6 cm³/mol. The molecule has 4 rings (SSSR count). The van der Waals surface area contributed by atoms with Crippen molar-refractivity contribution in [3.05, 3.63) is 47.7 Å². The molecular formula is C16H14N4O2S. The van der Waals surface area contributed by atoms with E-state index in [1.54, 1.807) is 17.3 Å². The zero-order valence-electron chi connectivity index (χ0n) is 12.3. The molecule has 2 aromatic heterocycles. The van der Waals surface area contributed by atoms with Gasteiger partial charge in [0.1, 0.15) is 11.8 Å². The minimum absolute atomic E-state index is 0.0153. The van der Waals surface area contributed by atoms with Gasteiger partial charge < -0.3 is 9.64 Å². The Kier molecular flexibility index (Phi) is 3.63. The number of amides is 1. The highest BCUT2D eigenvalue weighted by Crippen LogP contribution is 2.21. The number of rotatable bonds is 3. The van der Waals surface area contributed by atoms with Crippen LogP contribution in [0.1, 0.15) is 16.9 Å². The van der Waals surface area contributed by atoms with Crippen molar-refractivity contribution in [2.75, 3.05) is 13.1 Å². The molecule has 0 N–H and O–H groups in total. The summed E-state index contributed by atoms with van der Waals surface area (Å²) >= 11 is 1.46. The fraction of sp³-hybridized carbons (Fsp3) is 0.250. The Morgan fingerprint density at radius 1 is 1.26 bits per heavy atom. The third-order valence-corrected chi connectivity index (χ3v) is 4.44. The number of carbonyl (C=O) groups is 1. The van der Waals surface area contributed by atoms with Gasteiger partial charge in [-0.2, -0.15) is 0 Å². The predicted octanol–water partition coefficient (Wildman–Crippen LogP) is 2.38. The summed E-state index contributed by atoms with van der Waals surface area (Å²) in [6.07, 6.45) is 4.03. The van der Waals surface area contributed by atoms with E-state index < -0.39 is 0 Å². The summed E-state index contributed by atoms with van der Waals surface area (Å²) in [5, 5.41) is 2.52. The lowest BCUT2D eigenvalue weighted by molar-refractivity contribution is 0.0766. The topological polar surface area (TPSA) is 68.2 Å². The molecule has 0 aliphatic carbocycles. The molecule has 1 aliphatic rings. The number of benzene rings is 1. The van der Waals surface area contributed by atoms with Crippen LogP contribution < -0.4 is 4.74 Å². The monoisotopic (exact) mass is 326 g/mol. The van der Waals surface area contributed by atoms with Crippen molar-refractivity contribution in [1.29, 1.82) is 0 Å². The molecule has 0 radical (unpaired) electrons. The number of hydrogen-bond donors (Lipinski definition) is 0. The molecule has 3 heterocycles. The van der Waals surface area contributed by atoms with Crippen LogP contribution in [0, 0.1) is 0 Å². The van der Waals surface area contributed by atoms with Gasteiger partial charge in [0.05, 0.1) is 23.8 Å². The van der Waals surface area contributed by atoms with Crippen molar-refractivity contribution in [2.45, 2.75) is 12.5 Å². The second-order valence-electron chi connectivity index (χ2n) is 5.32. The molecule has 1 amide bonds. The highest BCUT2D eigenvalue weighted by Gasteiger charge is 2.29. The number of aromatic nitrogens is 3. The Bertz CT molecular complexity index is 837. The first-order valence-corrected chi connectivity index (χ1v) is 8.25. The van der Waals surface area contributed by atoms with Gasteiger partial charge in [0.15, 0.2) is 0 Å². The van der Waals surface area contributed by atoms with Gasteiger partial charge in [0, 0.05) is 24.5 Å². The second kappa shape index (κ2) is 5.92. The Balaban J connectivity index is 1.48. The van der Waals surface area contributed by atoms with Crippen molar-refractivity contribution >= 4 is 28.3 Å². The Hall–Kier alpha value is -2.54. The maximum Gasteiger partial charge on any atom is 0.274 e. The molecule has 1 fully saturated rings. The van der Waals surface area contributed by atoms with Gasteiger partial charge in [-0.1, -0.05) is 23.5 Å². The lowest BCUT2D eigenvalue weighted by Crippen LogP contribution is -2.31. The molecular weight excluding hydrogens is 312 g/mol. The Morgan fingerprint density at radius 3 is 2.96 bits per heavy atom. The summed E-state index contributed by atoms with van der Waals surface area (Å²) in [4.78, 5) is 27.2. The Morgan fingerprint density at radius 2 is 2.13 bits per heavy atom. The quantitative estimate of drug-likeness (QED) is 0.739. The van der Waals surface area contributed by atoms with Gasteiger partial charge in [-0.3, -0.25) is 9.78 Å². The van der Waals surface area contributed by atoms with Gasteiger partial charge >= 0.3 is 0 Å². The highest BCUT2D eigenvalue weighted by molar-refractivity contribution is 7.11. The zero-order chi connectivity index (χ0) is 15.6. The number of nitrogens with zero attached hydrogens (tertiary/aromatic N) is 4. The molecule has 1 atom stereocenters. The van der Waals surface area contributed by atoms with E-state index in [0.717, 1.165) is 17.5 Å². The summed E-state index contributed by atoms with van der Waals surface area (Å²) in [5.41, 5.74) is 1.89. The maximum atomic E-state index is 12.6. The van der Waals surface area contributed by atoms with E-state index in [4.69, 9.17) is 4.74 Å². The largest absolute Gasteiger partial charge is 0.465 e. The first kappa shape index (κ1) is 14.1. The minimum Gasteiger partial charge on any atom is -0.465 e. The average Bonchev–Trinajstić information content (AvgIpc) is 3.26. The van der Waals surface area contributed by atoms with Crippen LogP contribution in [0.4, 0.5) is 0 Å². The number of fused-ring (bicyclic) bond motifs is 1. The summed E-state index contributed by atoms with van der Waals surface area (Å²) < 4.78 is 5.78. The van der Waals surface area contributed by atoms with E-state index in [1.165, 1.54) is 11.3 Å². The first-order valence-electron chi connectivity index (χ1n) is 7.37. The third kappa shape index (κ3) is 2.87. The molecule has 23 heavy (non-hydrogen) atoms. The molecule has 0 saturated carbocycles. The summed E-state index contributed by atoms with van der Waals surface area (Å²) in [6.45, 7) is 1.20. The van der Waals surface area contributed by atoms with Crippen LogP contribution in [-0.4, -0.2) is 45.0 Å². The van der Waals surface area contributed by atoms with Crippen LogP contribution in [0.3, 0.4) is 0 Å². The SMILES string of the molecule is O=C(c1cnc2ccccc2n1)N1CCC(Oc2nccs2)C1. The molecule has 116 valence electrons. The van der Waals surface area contributed by atoms with E-state index >= 15 is 0 Å². The first-order chi connectivity index (χ1) is 11.3. The lowest BCUT2D eigenvalue weighted by atomic mass is 10.3. The average molecular weight is 326 g/mol. The number of para-hydroxylation sites is 2. The van der Waals surface area contributed by atoms with Crippen LogP contribution in [0.5, 0.6) is 5.19 Å². The summed E-state index contributed by atoms with van der Waals surface area (Å²) in [6, 6.07) is 7.53. The molecule has 1 saturated heterocycles. The molecule has 6 nitrogen and oxygen atoms in total. The van der Waals surface area contributed by atoms with Crippen molar-refractivity contribution < 1.29 is 9.53 Å². The fourth-order valence-corrected chi connectivity index (χ4v) is 3.19. The van der Waals surface area contributed by atoms with Crippen LogP contribution in [-0.2, 0) is 0 Å².